The number of nitrogens with one attached hydrogen (secondary N) is 2. The molecule has 0 atom stereocenters. The van der Waals surface area contributed by atoms with Crippen molar-refractivity contribution in [3.8, 4) is 6.01 Å². The van der Waals surface area contributed by atoms with Crippen LogP contribution >= 0.6 is 0 Å². The lowest BCUT2D eigenvalue weighted by Crippen LogP contribution is -2.18. The Labute approximate surface area is 113 Å². The van der Waals surface area contributed by atoms with Crippen LogP contribution in [0.25, 0.3) is 0 Å². The molecule has 0 fully saturated rings. The van der Waals surface area contributed by atoms with Crippen LogP contribution in [0.5, 0.6) is 6.01 Å². The zero-order chi connectivity index (χ0) is 14.1. The van der Waals surface area contributed by atoms with E-state index in [0.717, 1.165) is 25.9 Å². The van der Waals surface area contributed by atoms with Gasteiger partial charge in [-0.05, 0) is 33.5 Å². The standard InChI is InChI=1S/C11H23N7O/c1-4-8-19-11-15-9(14-10(16-11)17-12)13-6-5-7-18(2)3/h4-8,12H2,1-3H3,(H2,13,14,15,16,17). The molecule has 0 saturated carbocycles. The average Bonchev–Trinajstić information content (AvgIpc) is 2.41. The summed E-state index contributed by atoms with van der Waals surface area (Å²) >= 11 is 0. The van der Waals surface area contributed by atoms with Gasteiger partial charge in [0.15, 0.2) is 0 Å². The quantitative estimate of drug-likeness (QED) is 0.334. The van der Waals surface area contributed by atoms with Crippen LogP contribution in [0.2, 0.25) is 0 Å². The van der Waals surface area contributed by atoms with Gasteiger partial charge in [0.2, 0.25) is 11.9 Å². The summed E-state index contributed by atoms with van der Waals surface area (Å²) in [6.45, 7) is 4.36. The largest absolute Gasteiger partial charge is 0.463 e. The van der Waals surface area contributed by atoms with E-state index in [9.17, 15) is 0 Å². The Hall–Kier alpha value is -1.67. The molecule has 19 heavy (non-hydrogen) atoms. The fourth-order valence-electron chi connectivity index (χ4n) is 1.35. The van der Waals surface area contributed by atoms with Crippen LogP contribution in [0.1, 0.15) is 19.8 Å². The van der Waals surface area contributed by atoms with E-state index in [-0.39, 0.29) is 12.0 Å². The van der Waals surface area contributed by atoms with Gasteiger partial charge in [-0.3, -0.25) is 5.43 Å². The molecule has 0 saturated heterocycles. The van der Waals surface area contributed by atoms with Gasteiger partial charge >= 0.3 is 6.01 Å². The van der Waals surface area contributed by atoms with Crippen LogP contribution in [0.3, 0.4) is 0 Å². The van der Waals surface area contributed by atoms with Crippen LogP contribution in [0.4, 0.5) is 11.9 Å². The Morgan fingerprint density at radius 2 is 1.95 bits per heavy atom. The van der Waals surface area contributed by atoms with E-state index in [1.54, 1.807) is 0 Å². The van der Waals surface area contributed by atoms with Gasteiger partial charge in [-0.2, -0.15) is 15.0 Å². The smallest absolute Gasteiger partial charge is 0.323 e. The van der Waals surface area contributed by atoms with E-state index in [4.69, 9.17) is 10.6 Å². The molecule has 4 N–H and O–H groups in total. The molecule has 0 bridgehead atoms. The summed E-state index contributed by atoms with van der Waals surface area (Å²) < 4.78 is 5.38. The molecular weight excluding hydrogens is 246 g/mol. The number of rotatable bonds is 9. The second-order valence-corrected chi connectivity index (χ2v) is 4.34. The molecule has 0 aliphatic heterocycles. The minimum atomic E-state index is 0.278. The van der Waals surface area contributed by atoms with Crippen molar-refractivity contribution in [2.24, 2.45) is 5.84 Å². The summed E-state index contributed by atoms with van der Waals surface area (Å²) in [7, 11) is 4.08. The van der Waals surface area contributed by atoms with E-state index in [1.807, 2.05) is 21.0 Å². The summed E-state index contributed by atoms with van der Waals surface area (Å²) in [5, 5.41) is 3.13. The van der Waals surface area contributed by atoms with Crippen molar-refractivity contribution in [3.05, 3.63) is 0 Å². The van der Waals surface area contributed by atoms with E-state index < -0.39 is 0 Å². The number of nitrogens with two attached hydrogens (primary N) is 1. The molecule has 1 aromatic heterocycles. The Bertz CT molecular complexity index is 372. The van der Waals surface area contributed by atoms with E-state index >= 15 is 0 Å². The predicted molar refractivity (Wildman–Crippen MR) is 75.1 cm³/mol. The Morgan fingerprint density at radius 1 is 1.21 bits per heavy atom. The van der Waals surface area contributed by atoms with Crippen molar-refractivity contribution in [1.82, 2.24) is 19.9 Å². The van der Waals surface area contributed by atoms with Gasteiger partial charge in [0, 0.05) is 6.54 Å². The predicted octanol–water partition coefficient (Wildman–Crippen LogP) is 0.310. The molecule has 1 aromatic rings. The third-order valence-electron chi connectivity index (χ3n) is 2.24. The van der Waals surface area contributed by atoms with Gasteiger partial charge in [-0.1, -0.05) is 6.92 Å². The van der Waals surface area contributed by atoms with Crippen LogP contribution in [-0.2, 0) is 0 Å². The first-order chi connectivity index (χ1) is 9.15. The zero-order valence-electron chi connectivity index (χ0n) is 11.8. The summed E-state index contributed by atoms with van der Waals surface area (Å²) in [5.74, 6) is 6.07. The molecule has 0 aliphatic carbocycles. The third kappa shape index (κ3) is 6.16. The van der Waals surface area contributed by atoms with E-state index in [1.165, 1.54) is 0 Å². The highest BCUT2D eigenvalue weighted by Crippen LogP contribution is 2.10. The fourth-order valence-corrected chi connectivity index (χ4v) is 1.35. The number of anilines is 2. The molecule has 8 nitrogen and oxygen atoms in total. The van der Waals surface area contributed by atoms with Gasteiger partial charge in [-0.25, -0.2) is 5.84 Å². The molecule has 0 aromatic carbocycles. The topological polar surface area (TPSA) is 101 Å². The first-order valence-corrected chi connectivity index (χ1v) is 6.39. The number of hydrazine groups is 1. The minimum absolute atomic E-state index is 0.278. The molecule has 0 radical (unpaired) electrons. The maximum atomic E-state index is 5.38. The first kappa shape index (κ1) is 15.4. The molecule has 0 unspecified atom stereocenters. The first-order valence-electron chi connectivity index (χ1n) is 6.39. The van der Waals surface area contributed by atoms with E-state index in [2.05, 4.69) is 30.6 Å². The van der Waals surface area contributed by atoms with Crippen molar-refractivity contribution >= 4 is 11.9 Å². The SMILES string of the molecule is CCCOc1nc(NN)nc(NCCCN(C)C)n1. The minimum Gasteiger partial charge on any atom is -0.463 e. The van der Waals surface area contributed by atoms with Crippen molar-refractivity contribution in [3.63, 3.8) is 0 Å². The molecule has 8 heteroatoms. The Kier molecular flexibility index (Phi) is 6.83. The molecule has 1 rings (SSSR count). The monoisotopic (exact) mass is 269 g/mol. The van der Waals surface area contributed by atoms with Gasteiger partial charge in [-0.15, -0.1) is 0 Å². The lowest BCUT2D eigenvalue weighted by Gasteiger charge is -2.11. The van der Waals surface area contributed by atoms with Gasteiger partial charge in [0.25, 0.3) is 0 Å². The third-order valence-corrected chi connectivity index (χ3v) is 2.24. The number of hydrogen-bond donors (Lipinski definition) is 3. The summed E-state index contributed by atoms with van der Waals surface area (Å²) in [6, 6.07) is 0.278. The normalized spacial score (nSPS) is 10.6. The molecule has 1 heterocycles. The Balaban J connectivity index is 2.55. The van der Waals surface area contributed by atoms with Crippen molar-refractivity contribution in [1.29, 1.82) is 0 Å². The fraction of sp³-hybridized carbons (Fsp3) is 0.727. The molecule has 108 valence electrons. The van der Waals surface area contributed by atoms with Crippen molar-refractivity contribution in [2.45, 2.75) is 19.8 Å². The molecule has 0 amide bonds. The molecular formula is C11H23N7O. The molecule has 0 spiro atoms. The van der Waals surface area contributed by atoms with Gasteiger partial charge in [0.1, 0.15) is 0 Å². The number of ether oxygens (including phenoxy) is 1. The van der Waals surface area contributed by atoms with Crippen molar-refractivity contribution < 1.29 is 4.74 Å². The van der Waals surface area contributed by atoms with Crippen LogP contribution in [-0.4, -0.2) is 53.6 Å². The summed E-state index contributed by atoms with van der Waals surface area (Å²) in [5.41, 5.74) is 2.40. The molecule has 0 aliphatic rings. The summed E-state index contributed by atoms with van der Waals surface area (Å²) in [4.78, 5) is 14.4. The number of nitrogens with zero attached hydrogens (tertiary/aromatic N) is 4. The maximum Gasteiger partial charge on any atom is 0.323 e. The van der Waals surface area contributed by atoms with Crippen LogP contribution < -0.4 is 21.3 Å². The maximum absolute atomic E-state index is 5.38. The highest BCUT2D eigenvalue weighted by atomic mass is 16.5. The van der Waals surface area contributed by atoms with E-state index in [0.29, 0.717) is 12.6 Å². The highest BCUT2D eigenvalue weighted by molar-refractivity contribution is 5.34. The second-order valence-electron chi connectivity index (χ2n) is 4.34. The highest BCUT2D eigenvalue weighted by Gasteiger charge is 2.06. The Morgan fingerprint density at radius 3 is 2.58 bits per heavy atom. The summed E-state index contributed by atoms with van der Waals surface area (Å²) in [6.07, 6.45) is 1.89. The van der Waals surface area contributed by atoms with Crippen molar-refractivity contribution in [2.75, 3.05) is 44.5 Å². The lowest BCUT2D eigenvalue weighted by atomic mass is 10.4. The van der Waals surface area contributed by atoms with Crippen LogP contribution in [0.15, 0.2) is 0 Å². The number of aromatic nitrogens is 3. The number of hydrogen-bond acceptors (Lipinski definition) is 8. The van der Waals surface area contributed by atoms with Crippen LogP contribution in [0, 0.1) is 0 Å². The number of nitrogen functional groups attached to an aromatic ring is 1. The second kappa shape index (κ2) is 8.44. The average molecular weight is 269 g/mol. The van der Waals surface area contributed by atoms with Gasteiger partial charge < -0.3 is 15.0 Å². The van der Waals surface area contributed by atoms with Gasteiger partial charge in [0.05, 0.1) is 6.61 Å². The lowest BCUT2D eigenvalue weighted by molar-refractivity contribution is 0.292. The zero-order valence-corrected chi connectivity index (χ0v) is 11.8.